The summed E-state index contributed by atoms with van der Waals surface area (Å²) >= 11 is 0. The number of hydrogen-bond donors (Lipinski definition) is 3. The summed E-state index contributed by atoms with van der Waals surface area (Å²) in [6.45, 7) is 2.57. The van der Waals surface area contributed by atoms with E-state index in [9.17, 15) is 9.59 Å². The smallest absolute Gasteiger partial charge is 0.243 e. The Kier molecular flexibility index (Phi) is 8.75. The maximum atomic E-state index is 11.4. The number of rotatable bonds is 8. The molecule has 16 heavy (non-hydrogen) atoms. The zero-order chi connectivity index (χ0) is 12.4. The molecule has 0 aromatic carbocycles. The topological polar surface area (TPSA) is 98.2 Å². The van der Waals surface area contributed by atoms with Crippen LogP contribution in [0.3, 0.4) is 0 Å². The molecule has 2 amide bonds. The minimum Gasteiger partial charge on any atom is -0.330 e. The number of amides is 2. The van der Waals surface area contributed by atoms with Crippen LogP contribution in [0.5, 0.6) is 0 Å². The minimum absolute atomic E-state index is 0.235. The second-order valence-corrected chi connectivity index (χ2v) is 3.91. The highest BCUT2D eigenvalue weighted by molar-refractivity contribution is 5.97. The molecule has 0 aliphatic rings. The van der Waals surface area contributed by atoms with Crippen LogP contribution in [0, 0.1) is 0 Å². The average molecular weight is 229 g/mol. The average Bonchev–Trinajstić information content (AvgIpc) is 2.26. The molecule has 0 heterocycles. The third-order valence-corrected chi connectivity index (χ3v) is 2.33. The highest BCUT2D eigenvalue weighted by atomic mass is 16.2. The van der Waals surface area contributed by atoms with Crippen molar-refractivity contribution >= 4 is 11.8 Å². The van der Waals surface area contributed by atoms with Crippen molar-refractivity contribution in [1.82, 2.24) is 5.32 Å². The van der Waals surface area contributed by atoms with Crippen molar-refractivity contribution in [3.05, 3.63) is 0 Å². The number of imide groups is 1. The molecule has 0 fully saturated rings. The number of hydrogen-bond acceptors (Lipinski definition) is 4. The summed E-state index contributed by atoms with van der Waals surface area (Å²) in [7, 11) is 0. The van der Waals surface area contributed by atoms with Crippen LogP contribution in [-0.4, -0.2) is 24.4 Å². The molecule has 0 unspecified atom stereocenters. The molecule has 0 saturated heterocycles. The predicted octanol–water partition coefficient (Wildman–Crippen LogP) is 0.276. The highest BCUT2D eigenvalue weighted by Crippen LogP contribution is 1.99. The van der Waals surface area contributed by atoms with E-state index in [1.165, 1.54) is 0 Å². The molecule has 0 spiro atoms. The number of unbranched alkanes of at least 4 members (excludes halogenated alkanes) is 2. The minimum atomic E-state index is -0.626. The lowest BCUT2D eigenvalue weighted by molar-refractivity contribution is -0.131. The molecule has 0 saturated carbocycles. The normalized spacial score (nSPS) is 12.2. The Balaban J connectivity index is 3.72. The lowest BCUT2D eigenvalue weighted by Crippen LogP contribution is -2.43. The van der Waals surface area contributed by atoms with E-state index in [-0.39, 0.29) is 5.91 Å². The van der Waals surface area contributed by atoms with Crippen molar-refractivity contribution in [3.8, 4) is 0 Å². The van der Waals surface area contributed by atoms with Crippen LogP contribution in [-0.2, 0) is 9.59 Å². The summed E-state index contributed by atoms with van der Waals surface area (Å²) in [5.41, 5.74) is 10.9. The first-order valence-corrected chi connectivity index (χ1v) is 5.91. The molecule has 94 valence electrons. The van der Waals surface area contributed by atoms with Gasteiger partial charge in [-0.2, -0.15) is 0 Å². The fourth-order valence-electron chi connectivity index (χ4n) is 1.30. The van der Waals surface area contributed by atoms with Crippen LogP contribution in [0.15, 0.2) is 0 Å². The molecule has 0 aromatic rings. The lowest BCUT2D eigenvalue weighted by atomic mass is 10.1. The van der Waals surface area contributed by atoms with E-state index in [4.69, 9.17) is 11.5 Å². The second kappa shape index (κ2) is 9.30. The summed E-state index contributed by atoms with van der Waals surface area (Å²) in [5.74, 6) is -0.628. The molecule has 0 bridgehead atoms. The largest absolute Gasteiger partial charge is 0.330 e. The monoisotopic (exact) mass is 229 g/mol. The van der Waals surface area contributed by atoms with Gasteiger partial charge in [0, 0.05) is 6.42 Å². The third kappa shape index (κ3) is 7.36. The van der Waals surface area contributed by atoms with E-state index in [1.807, 2.05) is 0 Å². The van der Waals surface area contributed by atoms with Gasteiger partial charge in [0.15, 0.2) is 0 Å². The summed E-state index contributed by atoms with van der Waals surface area (Å²) in [6.07, 6.45) is 4.47. The van der Waals surface area contributed by atoms with Crippen molar-refractivity contribution in [3.63, 3.8) is 0 Å². The summed E-state index contributed by atoms with van der Waals surface area (Å²) in [6, 6.07) is -0.626. The SMILES string of the molecule is CCCCCC(=O)NC(=O)[C@@H](N)CCCN. The Hall–Kier alpha value is -0.940. The van der Waals surface area contributed by atoms with E-state index in [0.29, 0.717) is 25.8 Å². The fraction of sp³-hybridized carbons (Fsp3) is 0.818. The van der Waals surface area contributed by atoms with Crippen molar-refractivity contribution in [1.29, 1.82) is 0 Å². The Labute approximate surface area is 96.9 Å². The maximum Gasteiger partial charge on any atom is 0.243 e. The van der Waals surface area contributed by atoms with Gasteiger partial charge in [-0.15, -0.1) is 0 Å². The molecule has 0 aliphatic carbocycles. The first kappa shape index (κ1) is 15.1. The van der Waals surface area contributed by atoms with E-state index in [1.54, 1.807) is 0 Å². The van der Waals surface area contributed by atoms with Crippen LogP contribution >= 0.6 is 0 Å². The molecule has 1 atom stereocenters. The lowest BCUT2D eigenvalue weighted by Gasteiger charge is -2.10. The van der Waals surface area contributed by atoms with Crippen LogP contribution in [0.4, 0.5) is 0 Å². The number of nitrogens with two attached hydrogens (primary N) is 2. The molecule has 5 N–H and O–H groups in total. The van der Waals surface area contributed by atoms with Crippen LogP contribution in [0.1, 0.15) is 45.4 Å². The van der Waals surface area contributed by atoms with Gasteiger partial charge >= 0.3 is 0 Å². The molecule has 0 rings (SSSR count). The van der Waals surface area contributed by atoms with Crippen molar-refractivity contribution in [2.75, 3.05) is 6.54 Å². The van der Waals surface area contributed by atoms with Gasteiger partial charge in [-0.1, -0.05) is 19.8 Å². The van der Waals surface area contributed by atoms with Gasteiger partial charge in [0.25, 0.3) is 0 Å². The van der Waals surface area contributed by atoms with Crippen molar-refractivity contribution in [2.45, 2.75) is 51.5 Å². The van der Waals surface area contributed by atoms with Crippen LogP contribution < -0.4 is 16.8 Å². The van der Waals surface area contributed by atoms with Gasteiger partial charge in [0.1, 0.15) is 0 Å². The predicted molar refractivity (Wildman–Crippen MR) is 63.6 cm³/mol. The molecule has 5 nitrogen and oxygen atoms in total. The van der Waals surface area contributed by atoms with E-state index >= 15 is 0 Å². The highest BCUT2D eigenvalue weighted by Gasteiger charge is 2.15. The van der Waals surface area contributed by atoms with Gasteiger partial charge in [-0.25, -0.2) is 0 Å². The zero-order valence-electron chi connectivity index (χ0n) is 10.00. The second-order valence-electron chi connectivity index (χ2n) is 3.91. The zero-order valence-corrected chi connectivity index (χ0v) is 10.00. The van der Waals surface area contributed by atoms with Crippen molar-refractivity contribution in [2.24, 2.45) is 11.5 Å². The van der Waals surface area contributed by atoms with E-state index in [0.717, 1.165) is 19.3 Å². The number of carbonyl (C=O) groups excluding carboxylic acids is 2. The summed E-state index contributed by atoms with van der Waals surface area (Å²) in [4.78, 5) is 22.7. The summed E-state index contributed by atoms with van der Waals surface area (Å²) in [5, 5.41) is 2.30. The Morgan fingerprint density at radius 2 is 1.94 bits per heavy atom. The Morgan fingerprint density at radius 3 is 2.50 bits per heavy atom. The fourth-order valence-corrected chi connectivity index (χ4v) is 1.30. The van der Waals surface area contributed by atoms with Crippen molar-refractivity contribution < 1.29 is 9.59 Å². The van der Waals surface area contributed by atoms with Gasteiger partial charge in [-0.3, -0.25) is 14.9 Å². The van der Waals surface area contributed by atoms with Gasteiger partial charge in [0.05, 0.1) is 6.04 Å². The molecular weight excluding hydrogens is 206 g/mol. The van der Waals surface area contributed by atoms with Crippen LogP contribution in [0.2, 0.25) is 0 Å². The molecule has 5 heteroatoms. The quantitative estimate of drug-likeness (QED) is 0.520. The summed E-state index contributed by atoms with van der Waals surface area (Å²) < 4.78 is 0. The molecular formula is C11H23N3O2. The first-order chi connectivity index (χ1) is 7.61. The standard InChI is InChI=1S/C11H23N3O2/c1-2-3-4-7-10(15)14-11(16)9(13)6-5-8-12/h9H,2-8,12-13H2,1H3,(H,14,15,16)/t9-/m0/s1. The third-order valence-electron chi connectivity index (χ3n) is 2.33. The number of nitrogens with one attached hydrogen (secondary N) is 1. The van der Waals surface area contributed by atoms with E-state index < -0.39 is 11.9 Å². The van der Waals surface area contributed by atoms with Gasteiger partial charge in [-0.05, 0) is 25.8 Å². The number of carbonyl (C=O) groups is 2. The maximum absolute atomic E-state index is 11.4. The Bertz CT molecular complexity index is 219. The molecule has 0 aromatic heterocycles. The van der Waals surface area contributed by atoms with E-state index in [2.05, 4.69) is 12.2 Å². The molecule has 0 radical (unpaired) electrons. The first-order valence-electron chi connectivity index (χ1n) is 5.91. The van der Waals surface area contributed by atoms with Gasteiger partial charge in [0.2, 0.25) is 11.8 Å². The van der Waals surface area contributed by atoms with Crippen LogP contribution in [0.25, 0.3) is 0 Å². The molecule has 0 aliphatic heterocycles. The Morgan fingerprint density at radius 1 is 1.25 bits per heavy atom. The van der Waals surface area contributed by atoms with Gasteiger partial charge < -0.3 is 11.5 Å².